The minimum absolute atomic E-state index is 0.0880. The van der Waals surface area contributed by atoms with Gasteiger partial charge >= 0.3 is 0 Å². The maximum absolute atomic E-state index is 10.2. The maximum atomic E-state index is 10.2. The lowest BCUT2D eigenvalue weighted by atomic mass is 10.5. The lowest BCUT2D eigenvalue weighted by Gasteiger charge is -2.17. The van der Waals surface area contributed by atoms with E-state index < -0.39 is 11.1 Å². The van der Waals surface area contributed by atoms with Crippen LogP contribution >= 0.6 is 0 Å². The monoisotopic (exact) mass is 195 g/mol. The van der Waals surface area contributed by atoms with E-state index in [1.165, 1.54) is 0 Å². The molecule has 0 saturated carbocycles. The van der Waals surface area contributed by atoms with Gasteiger partial charge in [0.25, 0.3) is 0 Å². The molecule has 4 nitrogen and oxygen atoms in total. The van der Waals surface area contributed by atoms with E-state index in [0.717, 1.165) is 0 Å². The third-order valence-corrected chi connectivity index (χ3v) is 1.79. The van der Waals surface area contributed by atoms with Crippen molar-refractivity contribution >= 4 is 11.1 Å². The van der Waals surface area contributed by atoms with E-state index in [0.29, 0.717) is 19.6 Å². The van der Waals surface area contributed by atoms with E-state index in [2.05, 4.69) is 0 Å². The predicted molar refractivity (Wildman–Crippen MR) is 45.4 cm³/mol. The molecule has 0 fully saturated rings. The highest BCUT2D eigenvalue weighted by molar-refractivity contribution is 7.79. The second kappa shape index (κ2) is 7.67. The van der Waals surface area contributed by atoms with Crippen LogP contribution < -0.4 is 0 Å². The Morgan fingerprint density at radius 2 is 1.83 bits per heavy atom. The average molecular weight is 195 g/mol. The fourth-order valence-electron chi connectivity index (χ4n) is 0.779. The van der Waals surface area contributed by atoms with Gasteiger partial charge in [0.05, 0.1) is 0 Å². The van der Waals surface area contributed by atoms with Crippen LogP contribution in [0.25, 0.3) is 0 Å². The summed E-state index contributed by atoms with van der Waals surface area (Å²) in [5, 5.41) is 0. The Bertz CT molecular complexity index is 123. The predicted octanol–water partition coefficient (Wildman–Crippen LogP) is 0.655. The van der Waals surface area contributed by atoms with E-state index in [9.17, 15) is 8.76 Å². The summed E-state index contributed by atoms with van der Waals surface area (Å²) in [6.07, 6.45) is 0.0236. The highest BCUT2D eigenvalue weighted by Crippen LogP contribution is 2.01. The van der Waals surface area contributed by atoms with Crippen molar-refractivity contribution in [3.63, 3.8) is 0 Å². The van der Waals surface area contributed by atoms with E-state index in [1.807, 2.05) is 13.8 Å². The molecule has 0 aromatic rings. The zero-order chi connectivity index (χ0) is 9.40. The van der Waals surface area contributed by atoms with Crippen LogP contribution in [0.5, 0.6) is 0 Å². The number of hydrogen-bond acceptors (Lipinski definition) is 4. The molecule has 0 N–H and O–H groups in total. The van der Waals surface area contributed by atoms with Crippen LogP contribution in [-0.2, 0) is 20.6 Å². The second-order valence-electron chi connectivity index (χ2n) is 2.14. The molecule has 0 aliphatic rings. The molecule has 0 rings (SSSR count). The molecule has 0 spiro atoms. The molecule has 0 aliphatic carbocycles. The van der Waals surface area contributed by atoms with Crippen molar-refractivity contribution in [2.24, 2.45) is 0 Å². The van der Waals surface area contributed by atoms with Gasteiger partial charge < -0.3 is 14.0 Å². The number of hydrogen-bond donors (Lipinski definition) is 0. The molecule has 0 heterocycles. The van der Waals surface area contributed by atoms with Gasteiger partial charge in [-0.25, -0.2) is 0 Å². The number of ether oxygens (including phenoxy) is 2. The van der Waals surface area contributed by atoms with Crippen molar-refractivity contribution in [2.75, 3.05) is 19.0 Å². The van der Waals surface area contributed by atoms with E-state index >= 15 is 0 Å². The first-order valence-electron chi connectivity index (χ1n) is 3.99. The fraction of sp³-hybridized carbons (Fsp3) is 1.00. The Balaban J connectivity index is 3.54. The summed E-state index contributed by atoms with van der Waals surface area (Å²) >= 11 is -2.00. The molecule has 0 aliphatic heterocycles. The highest BCUT2D eigenvalue weighted by Gasteiger charge is 2.06. The first kappa shape index (κ1) is 12.0. The van der Waals surface area contributed by atoms with Gasteiger partial charge in [-0.2, -0.15) is 0 Å². The Morgan fingerprint density at radius 3 is 2.17 bits per heavy atom. The molecule has 1 unspecified atom stereocenters. The number of rotatable bonds is 7. The topological polar surface area (TPSA) is 58.6 Å². The summed E-state index contributed by atoms with van der Waals surface area (Å²) in [6.45, 7) is 4.77. The van der Waals surface area contributed by atoms with Crippen LogP contribution in [0, 0.1) is 0 Å². The van der Waals surface area contributed by atoms with Crippen LogP contribution in [0.3, 0.4) is 0 Å². The highest BCUT2D eigenvalue weighted by atomic mass is 32.2. The Labute approximate surface area is 75.5 Å². The summed E-state index contributed by atoms with van der Waals surface area (Å²) in [7, 11) is 0. The van der Waals surface area contributed by atoms with Crippen molar-refractivity contribution in [1.29, 1.82) is 0 Å². The molecule has 0 radical (unpaired) electrons. The van der Waals surface area contributed by atoms with Crippen molar-refractivity contribution in [3.8, 4) is 0 Å². The minimum atomic E-state index is -2.00. The molecule has 0 aromatic carbocycles. The van der Waals surface area contributed by atoms with Crippen LogP contribution in [0.4, 0.5) is 0 Å². The molecular weight excluding hydrogens is 180 g/mol. The van der Waals surface area contributed by atoms with Gasteiger partial charge in [-0.05, 0) is 13.8 Å². The van der Waals surface area contributed by atoms with Crippen molar-refractivity contribution in [3.05, 3.63) is 0 Å². The van der Waals surface area contributed by atoms with Crippen molar-refractivity contribution in [2.45, 2.75) is 26.6 Å². The molecule has 5 heteroatoms. The molecule has 0 saturated heterocycles. The Kier molecular flexibility index (Phi) is 7.69. The summed E-state index contributed by atoms with van der Waals surface area (Å²) < 4.78 is 30.7. The zero-order valence-electron chi connectivity index (χ0n) is 7.45. The van der Waals surface area contributed by atoms with Crippen LogP contribution in [0.15, 0.2) is 0 Å². The van der Waals surface area contributed by atoms with Gasteiger partial charge in [-0.3, -0.25) is 4.21 Å². The second-order valence-corrected chi connectivity index (χ2v) is 3.15. The first-order valence-corrected chi connectivity index (χ1v) is 5.24. The molecule has 74 valence electrons. The Hall–Kier alpha value is 0.0300. The zero-order valence-corrected chi connectivity index (χ0v) is 8.26. The largest absolute Gasteiger partial charge is 0.772 e. The third kappa shape index (κ3) is 6.72. The van der Waals surface area contributed by atoms with Crippen LogP contribution in [-0.4, -0.2) is 34.0 Å². The smallest absolute Gasteiger partial charge is 0.158 e. The van der Waals surface area contributed by atoms with Gasteiger partial charge in [0.15, 0.2) is 6.29 Å². The molecule has 0 amide bonds. The SMILES string of the molecule is CCOC(CCS(=O)[O-])OCC. The molecule has 12 heavy (non-hydrogen) atoms. The summed E-state index contributed by atoms with van der Waals surface area (Å²) in [5.74, 6) is 0.0880. The summed E-state index contributed by atoms with van der Waals surface area (Å²) in [5.41, 5.74) is 0. The summed E-state index contributed by atoms with van der Waals surface area (Å²) in [4.78, 5) is 0. The average Bonchev–Trinajstić information content (AvgIpc) is 2.01. The molecule has 0 aromatic heterocycles. The van der Waals surface area contributed by atoms with Gasteiger partial charge in [-0.15, -0.1) is 0 Å². The quantitative estimate of drug-likeness (QED) is 0.442. The standard InChI is InChI=1S/C7H16O4S/c1-3-10-7(11-4-2)5-6-12(8)9/h7H,3-6H2,1-2H3,(H,8,9)/p-1. The van der Waals surface area contributed by atoms with Gasteiger partial charge in [-0.1, -0.05) is 11.1 Å². The van der Waals surface area contributed by atoms with Crippen LogP contribution in [0.1, 0.15) is 20.3 Å². The first-order chi connectivity index (χ1) is 5.70. The lowest BCUT2D eigenvalue weighted by Crippen LogP contribution is -2.19. The molecule has 1 atom stereocenters. The lowest BCUT2D eigenvalue weighted by molar-refractivity contribution is -0.136. The van der Waals surface area contributed by atoms with Gasteiger partial charge in [0.2, 0.25) is 0 Å². The van der Waals surface area contributed by atoms with Crippen molar-refractivity contribution in [1.82, 2.24) is 0 Å². The van der Waals surface area contributed by atoms with E-state index in [1.54, 1.807) is 0 Å². The maximum Gasteiger partial charge on any atom is 0.158 e. The normalized spacial score (nSPS) is 13.7. The minimum Gasteiger partial charge on any atom is -0.772 e. The van der Waals surface area contributed by atoms with Gasteiger partial charge in [0.1, 0.15) is 0 Å². The Morgan fingerprint density at radius 1 is 1.33 bits per heavy atom. The van der Waals surface area contributed by atoms with Gasteiger partial charge in [0, 0.05) is 25.4 Å². The molecular formula is C7H15O4S-. The van der Waals surface area contributed by atoms with E-state index in [4.69, 9.17) is 9.47 Å². The third-order valence-electron chi connectivity index (χ3n) is 1.23. The van der Waals surface area contributed by atoms with Crippen LogP contribution in [0.2, 0.25) is 0 Å². The molecule has 0 bridgehead atoms. The fourth-order valence-corrected chi connectivity index (χ4v) is 1.16. The van der Waals surface area contributed by atoms with Crippen molar-refractivity contribution < 1.29 is 18.2 Å². The summed E-state index contributed by atoms with van der Waals surface area (Å²) in [6, 6.07) is 0. The van der Waals surface area contributed by atoms with E-state index in [-0.39, 0.29) is 12.0 Å².